The molecular formula is C19H25FIN5S. The van der Waals surface area contributed by atoms with Gasteiger partial charge in [0.05, 0.1) is 0 Å². The van der Waals surface area contributed by atoms with Gasteiger partial charge in [-0.15, -0.1) is 35.7 Å². The van der Waals surface area contributed by atoms with Gasteiger partial charge >= 0.3 is 0 Å². The molecule has 0 spiro atoms. The van der Waals surface area contributed by atoms with Crippen LogP contribution in [0.2, 0.25) is 0 Å². The molecule has 1 fully saturated rings. The number of pyridine rings is 1. The van der Waals surface area contributed by atoms with Gasteiger partial charge in [-0.25, -0.2) is 9.37 Å². The maximum Gasteiger partial charge on any atom is 0.193 e. The Balaban J connectivity index is 0.00000261. The second kappa shape index (κ2) is 11.3. The Morgan fingerprint density at radius 2 is 1.89 bits per heavy atom. The smallest absolute Gasteiger partial charge is 0.193 e. The van der Waals surface area contributed by atoms with Gasteiger partial charge in [-0.2, -0.15) is 0 Å². The number of piperazine rings is 1. The summed E-state index contributed by atoms with van der Waals surface area (Å²) in [7, 11) is 1.80. The minimum absolute atomic E-state index is 0. The van der Waals surface area contributed by atoms with Crippen LogP contribution in [0.1, 0.15) is 0 Å². The predicted molar refractivity (Wildman–Crippen MR) is 122 cm³/mol. The molecule has 1 saturated heterocycles. The molecule has 1 aliphatic rings. The molecular weight excluding hydrogens is 476 g/mol. The maximum atomic E-state index is 13.6. The second-order valence-corrected chi connectivity index (χ2v) is 7.05. The highest BCUT2D eigenvalue weighted by Gasteiger charge is 2.20. The zero-order valence-electron chi connectivity index (χ0n) is 15.3. The third-order valence-corrected chi connectivity index (χ3v) is 5.29. The van der Waals surface area contributed by atoms with Crippen molar-refractivity contribution in [2.75, 3.05) is 50.4 Å². The van der Waals surface area contributed by atoms with Gasteiger partial charge in [-0.3, -0.25) is 4.99 Å². The lowest BCUT2D eigenvalue weighted by molar-refractivity contribution is 0.372. The molecule has 3 rings (SSSR count). The fraction of sp³-hybridized carbons (Fsp3) is 0.368. The van der Waals surface area contributed by atoms with Crippen LogP contribution >= 0.6 is 35.7 Å². The minimum atomic E-state index is -0.160. The van der Waals surface area contributed by atoms with Crippen LogP contribution in [-0.4, -0.2) is 61.4 Å². The summed E-state index contributed by atoms with van der Waals surface area (Å²) in [5, 5.41) is 3.38. The molecule has 1 N–H and O–H groups in total. The molecule has 0 radical (unpaired) electrons. The Morgan fingerprint density at radius 3 is 2.56 bits per heavy atom. The average molecular weight is 501 g/mol. The number of hydrogen-bond donors (Lipinski definition) is 1. The van der Waals surface area contributed by atoms with Gasteiger partial charge in [0.2, 0.25) is 0 Å². The van der Waals surface area contributed by atoms with Crippen molar-refractivity contribution in [3.63, 3.8) is 0 Å². The number of benzene rings is 1. The van der Waals surface area contributed by atoms with Gasteiger partial charge < -0.3 is 15.1 Å². The van der Waals surface area contributed by atoms with E-state index in [2.05, 4.69) is 25.1 Å². The highest BCUT2D eigenvalue weighted by atomic mass is 127. The molecule has 5 nitrogen and oxygen atoms in total. The Labute approximate surface area is 181 Å². The zero-order chi connectivity index (χ0) is 18.2. The van der Waals surface area contributed by atoms with Crippen LogP contribution in [0.5, 0.6) is 0 Å². The fourth-order valence-electron chi connectivity index (χ4n) is 2.91. The summed E-state index contributed by atoms with van der Waals surface area (Å²) in [5.41, 5.74) is 0. The Morgan fingerprint density at radius 1 is 1.15 bits per heavy atom. The molecule has 1 aromatic carbocycles. The lowest BCUT2D eigenvalue weighted by Gasteiger charge is -2.37. The summed E-state index contributed by atoms with van der Waals surface area (Å²) in [6.45, 7) is 4.38. The first-order valence-electron chi connectivity index (χ1n) is 8.77. The van der Waals surface area contributed by atoms with Crippen LogP contribution in [0.15, 0.2) is 58.5 Å². The van der Waals surface area contributed by atoms with E-state index in [0.29, 0.717) is 4.90 Å². The number of aromatic nitrogens is 1. The first-order valence-corrected chi connectivity index (χ1v) is 9.75. The molecule has 1 aromatic heterocycles. The van der Waals surface area contributed by atoms with Crippen molar-refractivity contribution < 1.29 is 4.39 Å². The second-order valence-electron chi connectivity index (χ2n) is 5.91. The predicted octanol–water partition coefficient (Wildman–Crippen LogP) is 3.33. The summed E-state index contributed by atoms with van der Waals surface area (Å²) >= 11 is 1.52. The first kappa shape index (κ1) is 21.7. The lowest BCUT2D eigenvalue weighted by atomic mass is 10.3. The lowest BCUT2D eigenvalue weighted by Crippen LogP contribution is -2.53. The van der Waals surface area contributed by atoms with Gasteiger partial charge in [0, 0.05) is 56.6 Å². The Bertz CT molecular complexity index is 723. The van der Waals surface area contributed by atoms with Crippen LogP contribution < -0.4 is 10.2 Å². The first-order chi connectivity index (χ1) is 12.8. The van der Waals surface area contributed by atoms with Crippen molar-refractivity contribution >= 4 is 47.5 Å². The average Bonchev–Trinajstić information content (AvgIpc) is 2.70. The monoisotopic (exact) mass is 501 g/mol. The Hall–Kier alpha value is -1.55. The van der Waals surface area contributed by atoms with Crippen molar-refractivity contribution in [1.82, 2.24) is 15.2 Å². The molecule has 0 atom stereocenters. The number of rotatable bonds is 5. The van der Waals surface area contributed by atoms with Gasteiger partial charge in [-0.1, -0.05) is 18.2 Å². The topological polar surface area (TPSA) is 43.8 Å². The fourth-order valence-corrected chi connectivity index (χ4v) is 3.71. The number of guanidine groups is 1. The largest absolute Gasteiger partial charge is 0.355 e. The van der Waals surface area contributed by atoms with E-state index in [1.54, 1.807) is 13.1 Å². The number of nitrogens with one attached hydrogen (secondary N) is 1. The molecule has 0 amide bonds. The quantitative estimate of drug-likeness (QED) is 0.224. The van der Waals surface area contributed by atoms with E-state index in [1.807, 2.05) is 36.5 Å². The van der Waals surface area contributed by atoms with Gasteiger partial charge in [0.25, 0.3) is 0 Å². The third-order valence-electron chi connectivity index (χ3n) is 4.24. The Kier molecular flexibility index (Phi) is 9.12. The van der Waals surface area contributed by atoms with Crippen molar-refractivity contribution in [3.8, 4) is 0 Å². The number of thioether (sulfide) groups is 1. The molecule has 2 heterocycles. The van der Waals surface area contributed by atoms with Crippen molar-refractivity contribution in [2.24, 2.45) is 4.99 Å². The molecule has 8 heteroatoms. The SMILES string of the molecule is CN=C(NCCSc1ccccc1F)N1CCN(c2ccccn2)CC1.I. The molecule has 0 unspecified atom stereocenters. The number of nitrogens with zero attached hydrogens (tertiary/aromatic N) is 4. The van der Waals surface area contributed by atoms with Crippen LogP contribution in [0.4, 0.5) is 10.2 Å². The van der Waals surface area contributed by atoms with E-state index in [1.165, 1.54) is 17.8 Å². The van der Waals surface area contributed by atoms with E-state index >= 15 is 0 Å². The van der Waals surface area contributed by atoms with Gasteiger partial charge in [0.15, 0.2) is 5.96 Å². The summed E-state index contributed by atoms with van der Waals surface area (Å²) in [5.74, 6) is 2.55. The standard InChI is InChI=1S/C19H24FN5S.HI/c1-21-19(23-10-15-26-17-7-3-2-6-16(17)20)25-13-11-24(12-14-25)18-8-4-5-9-22-18;/h2-9H,10-15H2,1H3,(H,21,23);1H. The minimum Gasteiger partial charge on any atom is -0.355 e. The van der Waals surface area contributed by atoms with Gasteiger partial charge in [-0.05, 0) is 24.3 Å². The molecule has 0 bridgehead atoms. The molecule has 0 saturated carbocycles. The summed E-state index contributed by atoms with van der Waals surface area (Å²) in [6.07, 6.45) is 1.83. The van der Waals surface area contributed by atoms with Crippen LogP contribution in [-0.2, 0) is 0 Å². The van der Waals surface area contributed by atoms with Gasteiger partial charge in [0.1, 0.15) is 11.6 Å². The van der Waals surface area contributed by atoms with Crippen LogP contribution in [0.3, 0.4) is 0 Å². The molecule has 2 aromatic rings. The van der Waals surface area contributed by atoms with E-state index in [-0.39, 0.29) is 29.8 Å². The van der Waals surface area contributed by atoms with Crippen molar-refractivity contribution in [3.05, 3.63) is 54.5 Å². The number of aliphatic imine (C=N–C) groups is 1. The number of halogens is 2. The number of hydrogen-bond acceptors (Lipinski definition) is 4. The highest BCUT2D eigenvalue weighted by molar-refractivity contribution is 14.0. The van der Waals surface area contributed by atoms with E-state index in [0.717, 1.165) is 50.3 Å². The zero-order valence-corrected chi connectivity index (χ0v) is 18.5. The molecule has 146 valence electrons. The van der Waals surface area contributed by atoms with E-state index < -0.39 is 0 Å². The van der Waals surface area contributed by atoms with Crippen molar-refractivity contribution in [2.45, 2.75) is 4.90 Å². The van der Waals surface area contributed by atoms with E-state index in [4.69, 9.17) is 0 Å². The summed E-state index contributed by atoms with van der Waals surface area (Å²) in [4.78, 5) is 14.0. The molecule has 1 aliphatic heterocycles. The van der Waals surface area contributed by atoms with Crippen LogP contribution in [0.25, 0.3) is 0 Å². The van der Waals surface area contributed by atoms with E-state index in [9.17, 15) is 4.39 Å². The van der Waals surface area contributed by atoms with Crippen molar-refractivity contribution in [1.29, 1.82) is 0 Å². The normalized spacial score (nSPS) is 14.7. The molecule has 0 aliphatic carbocycles. The molecule has 27 heavy (non-hydrogen) atoms. The third kappa shape index (κ3) is 6.24. The summed E-state index contributed by atoms with van der Waals surface area (Å²) in [6, 6.07) is 12.9. The maximum absolute atomic E-state index is 13.6. The highest BCUT2D eigenvalue weighted by Crippen LogP contribution is 2.20. The van der Waals surface area contributed by atoms with Crippen LogP contribution in [0, 0.1) is 5.82 Å². The summed E-state index contributed by atoms with van der Waals surface area (Å²) < 4.78 is 13.6. The number of anilines is 1.